The zero-order chi connectivity index (χ0) is 20.7. The number of rotatable bonds is 9. The van der Waals surface area contributed by atoms with Crippen LogP contribution < -0.4 is 5.32 Å². The number of carbonyl (C=O) groups is 1. The smallest absolute Gasteiger partial charge is 0.251 e. The van der Waals surface area contributed by atoms with Gasteiger partial charge in [0.15, 0.2) is 9.84 Å². The van der Waals surface area contributed by atoms with Crippen LogP contribution >= 0.6 is 0 Å². The van der Waals surface area contributed by atoms with Gasteiger partial charge in [0.2, 0.25) is 0 Å². The van der Waals surface area contributed by atoms with Crippen LogP contribution in [0, 0.1) is 5.92 Å². The monoisotopic (exact) mass is 401 g/mol. The fourth-order valence-corrected chi connectivity index (χ4v) is 3.99. The molecule has 0 aliphatic carbocycles. The van der Waals surface area contributed by atoms with Gasteiger partial charge >= 0.3 is 0 Å². The molecule has 2 rings (SSSR count). The SMILES string of the molecule is CCCCc1ccc([C@@H](NC(=O)c2ccc(CS(C)(=O)=O)cc2)C(C)C)cc1. The fourth-order valence-electron chi connectivity index (χ4n) is 3.19. The van der Waals surface area contributed by atoms with Gasteiger partial charge in [-0.2, -0.15) is 0 Å². The summed E-state index contributed by atoms with van der Waals surface area (Å²) in [7, 11) is -3.09. The molecule has 0 aliphatic heterocycles. The molecule has 0 unspecified atom stereocenters. The van der Waals surface area contributed by atoms with Crippen molar-refractivity contribution in [3.05, 3.63) is 70.8 Å². The van der Waals surface area contributed by atoms with Gasteiger partial charge in [-0.3, -0.25) is 4.79 Å². The number of unbranched alkanes of at least 4 members (excludes halogenated alkanes) is 1. The van der Waals surface area contributed by atoms with Gasteiger partial charge < -0.3 is 5.32 Å². The molecule has 4 nitrogen and oxygen atoms in total. The predicted octanol–water partition coefficient (Wildman–Crippen LogP) is 4.70. The molecule has 0 fully saturated rings. The van der Waals surface area contributed by atoms with E-state index in [9.17, 15) is 13.2 Å². The summed E-state index contributed by atoms with van der Waals surface area (Å²) in [6.07, 6.45) is 4.64. The summed E-state index contributed by atoms with van der Waals surface area (Å²) in [5.41, 5.74) is 3.63. The quantitative estimate of drug-likeness (QED) is 0.662. The minimum atomic E-state index is -3.09. The highest BCUT2D eigenvalue weighted by atomic mass is 32.2. The van der Waals surface area contributed by atoms with Gasteiger partial charge in [0, 0.05) is 11.8 Å². The molecule has 5 heteroatoms. The lowest BCUT2D eigenvalue weighted by Crippen LogP contribution is -2.31. The molecule has 0 saturated carbocycles. The van der Waals surface area contributed by atoms with Crippen molar-refractivity contribution < 1.29 is 13.2 Å². The highest BCUT2D eigenvalue weighted by Crippen LogP contribution is 2.23. The first kappa shape index (κ1) is 22.2. The Morgan fingerprint density at radius 2 is 1.54 bits per heavy atom. The van der Waals surface area contributed by atoms with Crippen LogP contribution in [-0.4, -0.2) is 20.6 Å². The second-order valence-electron chi connectivity index (χ2n) is 7.81. The topological polar surface area (TPSA) is 63.2 Å². The Hall–Kier alpha value is -2.14. The third kappa shape index (κ3) is 6.79. The molecule has 0 aliphatic rings. The van der Waals surface area contributed by atoms with E-state index in [0.29, 0.717) is 11.1 Å². The van der Waals surface area contributed by atoms with Crippen LogP contribution in [0.25, 0.3) is 0 Å². The van der Waals surface area contributed by atoms with Gasteiger partial charge in [0.1, 0.15) is 0 Å². The fraction of sp³-hybridized carbons (Fsp3) is 0.435. The minimum absolute atomic E-state index is 0.0199. The van der Waals surface area contributed by atoms with Crippen molar-refractivity contribution in [2.24, 2.45) is 5.92 Å². The van der Waals surface area contributed by atoms with Crippen molar-refractivity contribution in [2.75, 3.05) is 6.26 Å². The summed E-state index contributed by atoms with van der Waals surface area (Å²) >= 11 is 0. The Kier molecular flexibility index (Phi) is 7.81. The Morgan fingerprint density at radius 1 is 0.964 bits per heavy atom. The van der Waals surface area contributed by atoms with E-state index in [1.165, 1.54) is 24.7 Å². The van der Waals surface area contributed by atoms with Crippen LogP contribution in [0.3, 0.4) is 0 Å². The van der Waals surface area contributed by atoms with Crippen LogP contribution in [0.5, 0.6) is 0 Å². The number of hydrogen-bond donors (Lipinski definition) is 1. The van der Waals surface area contributed by atoms with Crippen LogP contribution in [0.15, 0.2) is 48.5 Å². The standard InChI is InChI=1S/C23H31NO3S/c1-5-6-7-18-8-12-20(13-9-18)22(17(2)3)24-23(25)21-14-10-19(11-15-21)16-28(4,26)27/h8-15,17,22H,5-7,16H2,1-4H3,(H,24,25)/t22-/m0/s1. The van der Waals surface area contributed by atoms with E-state index in [0.717, 1.165) is 12.0 Å². The summed E-state index contributed by atoms with van der Waals surface area (Å²) in [6, 6.07) is 15.2. The van der Waals surface area contributed by atoms with Gasteiger partial charge in [-0.15, -0.1) is 0 Å². The molecule has 0 spiro atoms. The second kappa shape index (κ2) is 9.87. The lowest BCUT2D eigenvalue weighted by Gasteiger charge is -2.23. The van der Waals surface area contributed by atoms with Gasteiger partial charge in [0.25, 0.3) is 5.91 Å². The minimum Gasteiger partial charge on any atom is -0.345 e. The van der Waals surface area contributed by atoms with Gasteiger partial charge in [-0.1, -0.05) is 63.6 Å². The van der Waals surface area contributed by atoms with Crippen molar-refractivity contribution in [1.82, 2.24) is 5.32 Å². The number of nitrogens with one attached hydrogen (secondary N) is 1. The average molecular weight is 402 g/mol. The second-order valence-corrected chi connectivity index (χ2v) is 9.95. The number of sulfone groups is 1. The first-order chi connectivity index (χ1) is 13.2. The largest absolute Gasteiger partial charge is 0.345 e. The summed E-state index contributed by atoms with van der Waals surface area (Å²) in [4.78, 5) is 12.7. The maximum Gasteiger partial charge on any atom is 0.251 e. The molecule has 0 saturated heterocycles. The van der Waals surface area contributed by atoms with Gasteiger partial charge in [0.05, 0.1) is 11.8 Å². The molecule has 0 bridgehead atoms. The average Bonchev–Trinajstić information content (AvgIpc) is 2.64. The number of carbonyl (C=O) groups excluding carboxylic acids is 1. The Balaban J connectivity index is 2.10. The molecule has 1 amide bonds. The van der Waals surface area contributed by atoms with E-state index in [2.05, 4.69) is 50.4 Å². The molecule has 2 aromatic rings. The first-order valence-corrected chi connectivity index (χ1v) is 11.9. The first-order valence-electron chi connectivity index (χ1n) is 9.86. The molecule has 28 heavy (non-hydrogen) atoms. The van der Waals surface area contributed by atoms with E-state index < -0.39 is 9.84 Å². The van der Waals surface area contributed by atoms with Crippen molar-refractivity contribution in [3.63, 3.8) is 0 Å². The van der Waals surface area contributed by atoms with Gasteiger partial charge in [-0.05, 0) is 47.6 Å². The van der Waals surface area contributed by atoms with E-state index in [-0.39, 0.29) is 23.6 Å². The Labute approximate surface area is 169 Å². The molecule has 1 atom stereocenters. The van der Waals surface area contributed by atoms with E-state index >= 15 is 0 Å². The Bertz CT molecular complexity index is 869. The summed E-state index contributed by atoms with van der Waals surface area (Å²) in [5, 5.41) is 3.12. The van der Waals surface area contributed by atoms with Crippen LogP contribution in [0.2, 0.25) is 0 Å². The molecular weight excluding hydrogens is 370 g/mol. The number of amides is 1. The highest BCUT2D eigenvalue weighted by molar-refractivity contribution is 7.89. The maximum atomic E-state index is 12.7. The van der Waals surface area contributed by atoms with Crippen LogP contribution in [0.4, 0.5) is 0 Å². The van der Waals surface area contributed by atoms with Gasteiger partial charge in [-0.25, -0.2) is 8.42 Å². The van der Waals surface area contributed by atoms with E-state index in [4.69, 9.17) is 0 Å². The van der Waals surface area contributed by atoms with Crippen LogP contribution in [0.1, 0.15) is 66.7 Å². The zero-order valence-corrected chi connectivity index (χ0v) is 18.1. The normalized spacial score (nSPS) is 12.8. The number of hydrogen-bond acceptors (Lipinski definition) is 3. The summed E-state index contributed by atoms with van der Waals surface area (Å²) < 4.78 is 22.8. The van der Waals surface area contributed by atoms with Crippen molar-refractivity contribution in [2.45, 2.75) is 51.8 Å². The zero-order valence-electron chi connectivity index (χ0n) is 17.2. The molecular formula is C23H31NO3S. The molecule has 0 aromatic heterocycles. The van der Waals surface area contributed by atoms with E-state index in [1.807, 2.05) is 0 Å². The van der Waals surface area contributed by atoms with Crippen molar-refractivity contribution in [1.29, 1.82) is 0 Å². The van der Waals surface area contributed by atoms with E-state index in [1.54, 1.807) is 24.3 Å². The molecule has 2 aromatic carbocycles. The highest BCUT2D eigenvalue weighted by Gasteiger charge is 2.19. The molecule has 0 heterocycles. The third-order valence-corrected chi connectivity index (χ3v) is 5.61. The lowest BCUT2D eigenvalue weighted by molar-refractivity contribution is 0.0925. The number of aryl methyl sites for hydroxylation is 1. The molecule has 152 valence electrons. The molecule has 1 N–H and O–H groups in total. The molecule has 0 radical (unpaired) electrons. The maximum absolute atomic E-state index is 12.7. The Morgan fingerprint density at radius 3 is 2.04 bits per heavy atom. The third-order valence-electron chi connectivity index (χ3n) is 4.76. The summed E-state index contributed by atoms with van der Waals surface area (Å²) in [5.74, 6) is 0.0723. The van der Waals surface area contributed by atoms with Crippen LogP contribution in [-0.2, 0) is 22.0 Å². The lowest BCUT2D eigenvalue weighted by atomic mass is 9.94. The predicted molar refractivity (Wildman–Crippen MR) is 115 cm³/mol. The number of benzene rings is 2. The van der Waals surface area contributed by atoms with Crippen molar-refractivity contribution >= 4 is 15.7 Å². The van der Waals surface area contributed by atoms with Crippen molar-refractivity contribution in [3.8, 4) is 0 Å². The summed E-state index contributed by atoms with van der Waals surface area (Å²) in [6.45, 7) is 6.36.